The summed E-state index contributed by atoms with van der Waals surface area (Å²) in [4.78, 5) is 14.6. The number of methoxy groups -OCH3 is 2. The van der Waals surface area contributed by atoms with Gasteiger partial charge in [0.15, 0.2) is 11.5 Å². The minimum absolute atomic E-state index is 0.289. The van der Waals surface area contributed by atoms with Crippen molar-refractivity contribution in [3.8, 4) is 11.5 Å². The molecule has 3 rings (SSSR count). The van der Waals surface area contributed by atoms with Crippen LogP contribution in [-0.2, 0) is 4.79 Å². The van der Waals surface area contributed by atoms with Gasteiger partial charge < -0.3 is 19.7 Å². The highest BCUT2D eigenvalue weighted by Crippen LogP contribution is 2.34. The zero-order valence-electron chi connectivity index (χ0n) is 14.7. The van der Waals surface area contributed by atoms with Crippen molar-refractivity contribution < 1.29 is 14.3 Å². The molecule has 2 heterocycles. The Bertz CT molecular complexity index is 570. The van der Waals surface area contributed by atoms with Crippen molar-refractivity contribution >= 4 is 5.91 Å². The Kier molecular flexibility index (Phi) is 5.61. The summed E-state index contributed by atoms with van der Waals surface area (Å²) in [5.74, 6) is 2.17. The van der Waals surface area contributed by atoms with E-state index in [0.717, 1.165) is 44.0 Å². The van der Waals surface area contributed by atoms with Gasteiger partial charge in [-0.15, -0.1) is 0 Å². The van der Waals surface area contributed by atoms with Crippen LogP contribution in [0.5, 0.6) is 11.5 Å². The van der Waals surface area contributed by atoms with Gasteiger partial charge in [0.1, 0.15) is 0 Å². The van der Waals surface area contributed by atoms with E-state index in [0.29, 0.717) is 18.4 Å². The van der Waals surface area contributed by atoms with Crippen LogP contribution < -0.4 is 14.8 Å². The van der Waals surface area contributed by atoms with Crippen molar-refractivity contribution in [2.24, 2.45) is 0 Å². The SMILES string of the molecule is COc1ccc(C2CCN(C(=O)C[C@@H]3CCCCN3)C2)cc1OC. The van der Waals surface area contributed by atoms with E-state index >= 15 is 0 Å². The predicted octanol–water partition coefficient (Wildman–Crippen LogP) is 2.55. The fourth-order valence-corrected chi connectivity index (χ4v) is 3.80. The summed E-state index contributed by atoms with van der Waals surface area (Å²) in [5.41, 5.74) is 1.22. The first-order valence-electron chi connectivity index (χ1n) is 8.94. The molecule has 0 aromatic heterocycles. The molecule has 2 fully saturated rings. The van der Waals surface area contributed by atoms with Crippen LogP contribution in [0.4, 0.5) is 0 Å². The zero-order valence-corrected chi connectivity index (χ0v) is 14.7. The summed E-state index contributed by atoms with van der Waals surface area (Å²) >= 11 is 0. The third kappa shape index (κ3) is 3.83. The van der Waals surface area contributed by atoms with E-state index in [9.17, 15) is 4.79 Å². The van der Waals surface area contributed by atoms with E-state index in [2.05, 4.69) is 11.4 Å². The molecular weight excluding hydrogens is 304 g/mol. The lowest BCUT2D eigenvalue weighted by Gasteiger charge is -2.25. The highest BCUT2D eigenvalue weighted by molar-refractivity contribution is 5.77. The van der Waals surface area contributed by atoms with Gasteiger partial charge in [0, 0.05) is 31.5 Å². The number of hydrogen-bond donors (Lipinski definition) is 1. The summed E-state index contributed by atoms with van der Waals surface area (Å²) in [6.07, 6.45) is 5.24. The van der Waals surface area contributed by atoms with Crippen molar-refractivity contribution in [3.63, 3.8) is 0 Å². The predicted molar refractivity (Wildman–Crippen MR) is 93.7 cm³/mol. The number of nitrogens with zero attached hydrogens (tertiary/aromatic N) is 1. The van der Waals surface area contributed by atoms with Gasteiger partial charge in [-0.3, -0.25) is 4.79 Å². The maximum absolute atomic E-state index is 12.6. The molecular formula is C19H28N2O3. The van der Waals surface area contributed by atoms with Crippen molar-refractivity contribution in [1.82, 2.24) is 10.2 Å². The monoisotopic (exact) mass is 332 g/mol. The first kappa shape index (κ1) is 17.1. The molecule has 132 valence electrons. The molecule has 24 heavy (non-hydrogen) atoms. The number of carbonyl (C=O) groups excluding carboxylic acids is 1. The highest BCUT2D eigenvalue weighted by Gasteiger charge is 2.29. The molecule has 2 aliphatic heterocycles. The number of ether oxygens (including phenoxy) is 2. The number of rotatable bonds is 5. The Morgan fingerprint density at radius 2 is 2.04 bits per heavy atom. The number of carbonyl (C=O) groups is 1. The Labute approximate surface area is 144 Å². The molecule has 1 aromatic rings. The van der Waals surface area contributed by atoms with Gasteiger partial charge in [0.05, 0.1) is 14.2 Å². The molecule has 5 heteroatoms. The maximum Gasteiger partial charge on any atom is 0.224 e. The van der Waals surface area contributed by atoms with Crippen LogP contribution in [0, 0.1) is 0 Å². The summed E-state index contributed by atoms with van der Waals surface area (Å²) in [6, 6.07) is 6.44. The first-order chi connectivity index (χ1) is 11.7. The van der Waals surface area contributed by atoms with Gasteiger partial charge in [0.2, 0.25) is 5.91 Å². The molecule has 1 aromatic carbocycles. The van der Waals surface area contributed by atoms with Crippen LogP contribution in [0.15, 0.2) is 18.2 Å². The van der Waals surface area contributed by atoms with Crippen LogP contribution in [0.3, 0.4) is 0 Å². The van der Waals surface area contributed by atoms with Gasteiger partial charge in [-0.2, -0.15) is 0 Å². The van der Waals surface area contributed by atoms with Crippen LogP contribution in [0.2, 0.25) is 0 Å². The van der Waals surface area contributed by atoms with Crippen molar-refractivity contribution in [2.75, 3.05) is 33.9 Å². The Balaban J connectivity index is 1.59. The van der Waals surface area contributed by atoms with Crippen LogP contribution >= 0.6 is 0 Å². The largest absolute Gasteiger partial charge is 0.493 e. The topological polar surface area (TPSA) is 50.8 Å². The molecule has 1 amide bonds. The molecule has 0 saturated carbocycles. The zero-order chi connectivity index (χ0) is 16.9. The lowest BCUT2D eigenvalue weighted by atomic mass is 9.98. The van der Waals surface area contributed by atoms with Crippen LogP contribution in [0.1, 0.15) is 43.6 Å². The highest BCUT2D eigenvalue weighted by atomic mass is 16.5. The molecule has 0 spiro atoms. The van der Waals surface area contributed by atoms with E-state index in [-0.39, 0.29) is 5.91 Å². The lowest BCUT2D eigenvalue weighted by Crippen LogP contribution is -2.39. The van der Waals surface area contributed by atoms with Crippen molar-refractivity contribution in [2.45, 2.75) is 44.1 Å². The van der Waals surface area contributed by atoms with Gasteiger partial charge in [0.25, 0.3) is 0 Å². The molecule has 1 unspecified atom stereocenters. The Hall–Kier alpha value is -1.75. The van der Waals surface area contributed by atoms with Crippen molar-refractivity contribution in [3.05, 3.63) is 23.8 Å². The van der Waals surface area contributed by atoms with E-state index in [1.165, 1.54) is 18.4 Å². The standard InChI is InChI=1S/C19H28N2O3/c1-23-17-7-6-14(11-18(17)24-2)15-8-10-21(13-15)19(22)12-16-5-3-4-9-20-16/h6-7,11,15-16,20H,3-5,8-10,12-13H2,1-2H3/t15?,16-/m0/s1. The Morgan fingerprint density at radius 1 is 1.21 bits per heavy atom. The quantitative estimate of drug-likeness (QED) is 0.900. The molecule has 5 nitrogen and oxygen atoms in total. The third-order valence-electron chi connectivity index (χ3n) is 5.25. The van der Waals surface area contributed by atoms with E-state index in [4.69, 9.17) is 9.47 Å². The van der Waals surface area contributed by atoms with E-state index in [1.54, 1.807) is 14.2 Å². The minimum atomic E-state index is 0.289. The number of benzene rings is 1. The molecule has 0 aliphatic carbocycles. The molecule has 0 bridgehead atoms. The summed E-state index contributed by atoms with van der Waals surface area (Å²) in [6.45, 7) is 2.71. The second-order valence-electron chi connectivity index (χ2n) is 6.79. The van der Waals surface area contributed by atoms with Gasteiger partial charge in [-0.05, 0) is 43.5 Å². The second kappa shape index (κ2) is 7.88. The average Bonchev–Trinajstić information content (AvgIpc) is 3.12. The normalized spacial score (nSPS) is 24.0. The van der Waals surface area contributed by atoms with E-state index in [1.807, 2.05) is 17.0 Å². The second-order valence-corrected chi connectivity index (χ2v) is 6.79. The summed E-state index contributed by atoms with van der Waals surface area (Å²) in [7, 11) is 3.30. The fourth-order valence-electron chi connectivity index (χ4n) is 3.80. The van der Waals surface area contributed by atoms with Gasteiger partial charge >= 0.3 is 0 Å². The average molecular weight is 332 g/mol. The maximum atomic E-state index is 12.6. The molecule has 2 atom stereocenters. The number of nitrogens with one attached hydrogen (secondary N) is 1. The number of likely N-dealkylation sites (tertiary alicyclic amines) is 1. The molecule has 2 saturated heterocycles. The van der Waals surface area contributed by atoms with Crippen LogP contribution in [-0.4, -0.2) is 50.7 Å². The fraction of sp³-hybridized carbons (Fsp3) is 0.632. The van der Waals surface area contributed by atoms with E-state index < -0.39 is 0 Å². The molecule has 1 N–H and O–H groups in total. The lowest BCUT2D eigenvalue weighted by molar-refractivity contribution is -0.130. The minimum Gasteiger partial charge on any atom is -0.493 e. The molecule has 0 radical (unpaired) electrons. The first-order valence-corrected chi connectivity index (χ1v) is 8.94. The number of piperidine rings is 1. The van der Waals surface area contributed by atoms with Crippen molar-refractivity contribution in [1.29, 1.82) is 0 Å². The summed E-state index contributed by atoms with van der Waals surface area (Å²) < 4.78 is 10.7. The van der Waals surface area contributed by atoms with Gasteiger partial charge in [-0.25, -0.2) is 0 Å². The van der Waals surface area contributed by atoms with Gasteiger partial charge in [-0.1, -0.05) is 12.5 Å². The molecule has 2 aliphatic rings. The van der Waals surface area contributed by atoms with Crippen LogP contribution in [0.25, 0.3) is 0 Å². The smallest absolute Gasteiger partial charge is 0.224 e. The Morgan fingerprint density at radius 3 is 2.75 bits per heavy atom. The number of hydrogen-bond acceptors (Lipinski definition) is 4. The third-order valence-corrected chi connectivity index (χ3v) is 5.25. The summed E-state index contributed by atoms with van der Waals surface area (Å²) in [5, 5.41) is 3.47. The number of amides is 1.